The van der Waals surface area contributed by atoms with Gasteiger partial charge in [-0.25, -0.2) is 4.98 Å². The molecule has 0 aliphatic heterocycles. The summed E-state index contributed by atoms with van der Waals surface area (Å²) >= 11 is 0. The zero-order chi connectivity index (χ0) is 22.0. The normalized spacial score (nSPS) is 10.7. The molecule has 4 aromatic rings. The van der Waals surface area contributed by atoms with Crippen LogP contribution in [0.4, 0.5) is 11.5 Å². The number of phenols is 1. The molecule has 0 bridgehead atoms. The Morgan fingerprint density at radius 2 is 1.61 bits per heavy atom. The molecular formula is C22H22N4O5. The lowest BCUT2D eigenvalue weighted by Crippen LogP contribution is -2.00. The van der Waals surface area contributed by atoms with Gasteiger partial charge in [0, 0.05) is 35.8 Å². The van der Waals surface area contributed by atoms with Gasteiger partial charge in [0.25, 0.3) is 0 Å². The number of imidazole rings is 1. The van der Waals surface area contributed by atoms with Crippen molar-refractivity contribution < 1.29 is 24.1 Å². The van der Waals surface area contributed by atoms with Gasteiger partial charge < -0.3 is 29.4 Å². The van der Waals surface area contributed by atoms with Crippen molar-refractivity contribution in [2.75, 3.05) is 33.8 Å². The molecule has 0 fully saturated rings. The Kier molecular flexibility index (Phi) is 5.40. The average Bonchev–Trinajstić information content (AvgIpc) is 3.16. The Balaban J connectivity index is 1.86. The predicted octanol–water partition coefficient (Wildman–Crippen LogP) is 3.88. The van der Waals surface area contributed by atoms with Gasteiger partial charge in [-0.1, -0.05) is 0 Å². The molecule has 0 aliphatic rings. The van der Waals surface area contributed by atoms with Crippen molar-refractivity contribution in [3.8, 4) is 40.0 Å². The smallest absolute Gasteiger partial charge is 0.203 e. The highest BCUT2D eigenvalue weighted by atomic mass is 16.5. The summed E-state index contributed by atoms with van der Waals surface area (Å²) in [7, 11) is 6.18. The molecular weight excluding hydrogens is 400 g/mol. The predicted molar refractivity (Wildman–Crippen MR) is 116 cm³/mol. The van der Waals surface area contributed by atoms with Crippen molar-refractivity contribution >= 4 is 17.2 Å². The molecule has 9 heteroatoms. The Hall–Kier alpha value is -4.14. The minimum Gasteiger partial charge on any atom is -0.504 e. The highest BCUT2D eigenvalue weighted by Gasteiger charge is 2.19. The molecule has 0 saturated carbocycles. The van der Waals surface area contributed by atoms with Gasteiger partial charge in [-0.3, -0.25) is 9.38 Å². The molecule has 9 nitrogen and oxygen atoms in total. The number of benzene rings is 2. The van der Waals surface area contributed by atoms with Crippen LogP contribution in [0.2, 0.25) is 0 Å². The number of ether oxygens (including phenoxy) is 4. The van der Waals surface area contributed by atoms with Gasteiger partial charge in [-0.05, 0) is 18.2 Å². The van der Waals surface area contributed by atoms with E-state index in [0.717, 1.165) is 0 Å². The largest absolute Gasteiger partial charge is 0.504 e. The second-order valence-electron chi connectivity index (χ2n) is 6.54. The molecule has 2 N–H and O–H groups in total. The van der Waals surface area contributed by atoms with Gasteiger partial charge in [-0.2, -0.15) is 0 Å². The van der Waals surface area contributed by atoms with Crippen molar-refractivity contribution in [1.82, 2.24) is 14.4 Å². The standard InChI is InChI=1S/C22H22N4O5/c1-28-16-6-5-13(9-15(16)27)20-22(26-8-7-23-12-19(26)25-20)24-14-10-17(29-2)21(31-4)18(11-14)30-3/h5-12,24,27H,1-4H3. The number of aromatic hydroxyl groups is 1. The van der Waals surface area contributed by atoms with Gasteiger partial charge >= 0.3 is 0 Å². The minimum atomic E-state index is 0.0221. The Morgan fingerprint density at radius 3 is 2.23 bits per heavy atom. The third-order valence-electron chi connectivity index (χ3n) is 4.81. The Morgan fingerprint density at radius 1 is 0.903 bits per heavy atom. The first kappa shape index (κ1) is 20.1. The molecule has 0 radical (unpaired) electrons. The maximum Gasteiger partial charge on any atom is 0.203 e. The van der Waals surface area contributed by atoms with Gasteiger partial charge in [0.15, 0.2) is 28.6 Å². The number of fused-ring (bicyclic) bond motifs is 1. The van der Waals surface area contributed by atoms with E-state index in [9.17, 15) is 5.11 Å². The molecule has 0 saturated heterocycles. The summed E-state index contributed by atoms with van der Waals surface area (Å²) in [6.07, 6.45) is 5.13. The average molecular weight is 422 g/mol. The molecule has 2 aromatic carbocycles. The fraction of sp³-hybridized carbons (Fsp3) is 0.182. The molecule has 0 atom stereocenters. The van der Waals surface area contributed by atoms with Crippen LogP contribution in [0.25, 0.3) is 16.9 Å². The maximum atomic E-state index is 10.3. The summed E-state index contributed by atoms with van der Waals surface area (Å²) < 4.78 is 23.3. The number of aromatic nitrogens is 3. The monoisotopic (exact) mass is 422 g/mol. The first-order valence-electron chi connectivity index (χ1n) is 9.36. The van der Waals surface area contributed by atoms with Crippen molar-refractivity contribution in [2.24, 2.45) is 0 Å². The SMILES string of the molecule is COc1ccc(-c2nc3cnccn3c2Nc2cc(OC)c(OC)c(OC)c2)cc1O. The molecule has 0 aliphatic carbocycles. The van der Waals surface area contributed by atoms with Gasteiger partial charge in [0.1, 0.15) is 11.5 Å². The van der Waals surface area contributed by atoms with Crippen LogP contribution < -0.4 is 24.3 Å². The van der Waals surface area contributed by atoms with Crippen LogP contribution in [0, 0.1) is 0 Å². The Labute approximate surface area is 178 Å². The van der Waals surface area contributed by atoms with Crippen LogP contribution in [0.5, 0.6) is 28.7 Å². The van der Waals surface area contributed by atoms with E-state index in [0.29, 0.717) is 51.4 Å². The zero-order valence-corrected chi connectivity index (χ0v) is 17.5. The third-order valence-corrected chi connectivity index (χ3v) is 4.81. The number of hydrogen-bond acceptors (Lipinski definition) is 8. The van der Waals surface area contributed by atoms with E-state index >= 15 is 0 Å². The van der Waals surface area contributed by atoms with E-state index < -0.39 is 0 Å². The number of nitrogens with one attached hydrogen (secondary N) is 1. The summed E-state index contributed by atoms with van der Waals surface area (Å²) in [5.74, 6) is 2.61. The quantitative estimate of drug-likeness (QED) is 0.463. The minimum absolute atomic E-state index is 0.0221. The third kappa shape index (κ3) is 3.61. The van der Waals surface area contributed by atoms with E-state index in [1.54, 1.807) is 64.2 Å². The van der Waals surface area contributed by atoms with Crippen LogP contribution in [-0.2, 0) is 0 Å². The van der Waals surface area contributed by atoms with Gasteiger partial charge in [0.05, 0.1) is 34.6 Å². The summed E-state index contributed by atoms with van der Waals surface area (Å²) in [6, 6.07) is 8.73. The molecule has 31 heavy (non-hydrogen) atoms. The fourth-order valence-electron chi connectivity index (χ4n) is 3.35. The molecule has 0 spiro atoms. The topological polar surface area (TPSA) is 99.4 Å². The van der Waals surface area contributed by atoms with Crippen LogP contribution in [0.3, 0.4) is 0 Å². The van der Waals surface area contributed by atoms with E-state index in [4.69, 9.17) is 23.9 Å². The molecule has 4 rings (SSSR count). The van der Waals surface area contributed by atoms with E-state index in [1.165, 1.54) is 7.11 Å². The zero-order valence-electron chi connectivity index (χ0n) is 17.5. The van der Waals surface area contributed by atoms with Crippen molar-refractivity contribution in [1.29, 1.82) is 0 Å². The fourth-order valence-corrected chi connectivity index (χ4v) is 3.35. The maximum absolute atomic E-state index is 10.3. The first-order chi connectivity index (χ1) is 15.1. The summed E-state index contributed by atoms with van der Waals surface area (Å²) in [5, 5.41) is 13.7. The summed E-state index contributed by atoms with van der Waals surface area (Å²) in [5.41, 5.74) is 2.67. The summed E-state index contributed by atoms with van der Waals surface area (Å²) in [6.45, 7) is 0. The van der Waals surface area contributed by atoms with Crippen molar-refractivity contribution in [2.45, 2.75) is 0 Å². The molecule has 160 valence electrons. The lowest BCUT2D eigenvalue weighted by Gasteiger charge is -2.15. The molecule has 0 amide bonds. The van der Waals surface area contributed by atoms with Gasteiger partial charge in [0.2, 0.25) is 5.75 Å². The number of anilines is 2. The van der Waals surface area contributed by atoms with Gasteiger partial charge in [-0.15, -0.1) is 0 Å². The number of phenolic OH excluding ortho intramolecular Hbond substituents is 1. The van der Waals surface area contributed by atoms with E-state index in [1.807, 2.05) is 10.5 Å². The van der Waals surface area contributed by atoms with Crippen LogP contribution in [0.15, 0.2) is 48.9 Å². The molecule has 2 heterocycles. The van der Waals surface area contributed by atoms with Crippen LogP contribution in [-0.4, -0.2) is 47.9 Å². The number of methoxy groups -OCH3 is 4. The number of nitrogens with zero attached hydrogens (tertiary/aromatic N) is 3. The van der Waals surface area contributed by atoms with Crippen molar-refractivity contribution in [3.05, 3.63) is 48.9 Å². The summed E-state index contributed by atoms with van der Waals surface area (Å²) in [4.78, 5) is 8.85. The lowest BCUT2D eigenvalue weighted by molar-refractivity contribution is 0.324. The number of hydrogen-bond donors (Lipinski definition) is 2. The van der Waals surface area contributed by atoms with Crippen LogP contribution >= 0.6 is 0 Å². The highest BCUT2D eigenvalue weighted by Crippen LogP contribution is 2.42. The first-order valence-corrected chi connectivity index (χ1v) is 9.36. The lowest BCUT2D eigenvalue weighted by atomic mass is 10.1. The second-order valence-corrected chi connectivity index (χ2v) is 6.54. The second kappa shape index (κ2) is 8.31. The molecule has 0 unspecified atom stereocenters. The number of rotatable bonds is 7. The van der Waals surface area contributed by atoms with E-state index in [2.05, 4.69) is 10.3 Å². The molecule has 2 aromatic heterocycles. The van der Waals surface area contributed by atoms with Crippen LogP contribution in [0.1, 0.15) is 0 Å². The van der Waals surface area contributed by atoms with E-state index in [-0.39, 0.29) is 5.75 Å². The van der Waals surface area contributed by atoms with Crippen molar-refractivity contribution in [3.63, 3.8) is 0 Å². The Bertz CT molecular complexity index is 1210. The highest BCUT2D eigenvalue weighted by molar-refractivity contribution is 5.81.